The van der Waals surface area contributed by atoms with Crippen LogP contribution in [0.2, 0.25) is 0 Å². The van der Waals surface area contributed by atoms with Crippen LogP contribution in [0.1, 0.15) is 63.1 Å². The highest BCUT2D eigenvalue weighted by molar-refractivity contribution is 5.94. The standard InChI is InChI=1S/C24H29N3O3/c1-15-13-21(27(6)26-15)22(29-16(2)30-23(28)18-7-8-18)20(14-25)17-9-11-19(12-10-17)24(3,4)5/h9-13,16,18H,7-8H2,1-6H3/b22-20-. The average Bonchev–Trinajstić information content (AvgIpc) is 3.46. The molecule has 30 heavy (non-hydrogen) atoms. The first-order valence-corrected chi connectivity index (χ1v) is 10.2. The van der Waals surface area contributed by atoms with Gasteiger partial charge in [-0.3, -0.25) is 9.48 Å². The molecule has 1 saturated carbocycles. The molecule has 6 heteroatoms. The average molecular weight is 408 g/mol. The van der Waals surface area contributed by atoms with Crippen LogP contribution in [-0.2, 0) is 26.7 Å². The summed E-state index contributed by atoms with van der Waals surface area (Å²) >= 11 is 0. The lowest BCUT2D eigenvalue weighted by molar-refractivity contribution is -0.165. The van der Waals surface area contributed by atoms with E-state index in [0.717, 1.165) is 24.1 Å². The summed E-state index contributed by atoms with van der Waals surface area (Å²) in [6.45, 7) is 9.98. The zero-order valence-electron chi connectivity index (χ0n) is 18.5. The highest BCUT2D eigenvalue weighted by Gasteiger charge is 2.33. The first kappa shape index (κ1) is 21.6. The van der Waals surface area contributed by atoms with E-state index >= 15 is 0 Å². The van der Waals surface area contributed by atoms with Crippen molar-refractivity contribution in [1.29, 1.82) is 5.26 Å². The van der Waals surface area contributed by atoms with E-state index in [2.05, 4.69) is 31.9 Å². The molecule has 0 saturated heterocycles. The lowest BCUT2D eigenvalue weighted by Gasteiger charge is -2.21. The van der Waals surface area contributed by atoms with Crippen LogP contribution in [0.15, 0.2) is 30.3 Å². The van der Waals surface area contributed by atoms with Gasteiger partial charge >= 0.3 is 5.97 Å². The van der Waals surface area contributed by atoms with E-state index in [9.17, 15) is 10.1 Å². The van der Waals surface area contributed by atoms with Crippen molar-refractivity contribution in [3.05, 3.63) is 52.8 Å². The van der Waals surface area contributed by atoms with Crippen molar-refractivity contribution in [3.8, 4) is 6.07 Å². The number of aromatic nitrogens is 2. The highest BCUT2D eigenvalue weighted by atomic mass is 16.7. The molecule has 0 radical (unpaired) electrons. The third kappa shape index (κ3) is 4.91. The maximum atomic E-state index is 12.0. The predicted molar refractivity (Wildman–Crippen MR) is 115 cm³/mol. The second-order valence-electron chi connectivity index (χ2n) is 8.83. The smallest absolute Gasteiger partial charge is 0.311 e. The molecule has 3 rings (SSSR count). The molecule has 1 atom stereocenters. The van der Waals surface area contributed by atoms with Gasteiger partial charge in [0.1, 0.15) is 17.3 Å². The highest BCUT2D eigenvalue weighted by Crippen LogP contribution is 2.33. The second kappa shape index (κ2) is 8.35. The molecule has 1 aliphatic carbocycles. The number of carbonyl (C=O) groups excluding carboxylic acids is 1. The Balaban J connectivity index is 2.01. The van der Waals surface area contributed by atoms with E-state index in [-0.39, 0.29) is 17.3 Å². The van der Waals surface area contributed by atoms with Crippen molar-refractivity contribution < 1.29 is 14.3 Å². The normalized spacial score (nSPS) is 15.8. The van der Waals surface area contributed by atoms with Gasteiger partial charge in [0, 0.05) is 14.0 Å². The van der Waals surface area contributed by atoms with Crippen molar-refractivity contribution in [2.24, 2.45) is 13.0 Å². The zero-order chi connectivity index (χ0) is 22.1. The van der Waals surface area contributed by atoms with Crippen molar-refractivity contribution in [1.82, 2.24) is 9.78 Å². The van der Waals surface area contributed by atoms with Gasteiger partial charge in [-0.25, -0.2) is 0 Å². The molecule has 1 aliphatic rings. The summed E-state index contributed by atoms with van der Waals surface area (Å²) in [5.41, 5.74) is 3.75. The Kier molecular flexibility index (Phi) is 6.02. The van der Waals surface area contributed by atoms with Crippen LogP contribution in [0.5, 0.6) is 0 Å². The summed E-state index contributed by atoms with van der Waals surface area (Å²) in [6, 6.07) is 12.0. The molecule has 0 N–H and O–H groups in total. The maximum absolute atomic E-state index is 12.0. The molecule has 158 valence electrons. The number of ether oxygens (including phenoxy) is 2. The minimum Gasteiger partial charge on any atom is -0.451 e. The second-order valence-corrected chi connectivity index (χ2v) is 8.83. The van der Waals surface area contributed by atoms with Crippen molar-refractivity contribution in [2.45, 2.75) is 59.2 Å². The SMILES string of the molecule is Cc1cc(/C(OC(C)OC(=O)C2CC2)=C(\C#N)c2ccc(C(C)(C)C)cc2)n(C)n1. The van der Waals surface area contributed by atoms with Gasteiger partial charge < -0.3 is 9.47 Å². The molecule has 0 spiro atoms. The molecular formula is C24H29N3O3. The van der Waals surface area contributed by atoms with Crippen LogP contribution in [0.3, 0.4) is 0 Å². The molecule has 1 aromatic carbocycles. The molecule has 1 unspecified atom stereocenters. The van der Waals surface area contributed by atoms with Crippen molar-refractivity contribution in [3.63, 3.8) is 0 Å². The van der Waals surface area contributed by atoms with Crippen LogP contribution in [-0.4, -0.2) is 22.0 Å². The van der Waals surface area contributed by atoms with Gasteiger partial charge in [0.2, 0.25) is 6.29 Å². The number of carbonyl (C=O) groups is 1. The number of hydrogen-bond acceptors (Lipinski definition) is 5. The van der Waals surface area contributed by atoms with Crippen LogP contribution < -0.4 is 0 Å². The fraction of sp³-hybridized carbons (Fsp3) is 0.458. The number of rotatable bonds is 6. The molecule has 0 aliphatic heterocycles. The summed E-state index contributed by atoms with van der Waals surface area (Å²) in [4.78, 5) is 12.0. The van der Waals surface area contributed by atoms with Gasteiger partial charge in [-0.05, 0) is 42.4 Å². The van der Waals surface area contributed by atoms with Crippen molar-refractivity contribution in [2.75, 3.05) is 0 Å². The monoisotopic (exact) mass is 407 g/mol. The number of allylic oxidation sites excluding steroid dienone is 1. The number of nitriles is 1. The van der Waals surface area contributed by atoms with Gasteiger partial charge in [0.15, 0.2) is 5.76 Å². The molecular weight excluding hydrogens is 378 g/mol. The number of benzene rings is 1. The fourth-order valence-electron chi connectivity index (χ4n) is 3.22. The summed E-state index contributed by atoms with van der Waals surface area (Å²) < 4.78 is 13.1. The Labute approximate surface area is 178 Å². The lowest BCUT2D eigenvalue weighted by atomic mass is 9.86. The zero-order valence-corrected chi connectivity index (χ0v) is 18.5. The number of aryl methyl sites for hydroxylation is 2. The van der Waals surface area contributed by atoms with E-state index in [4.69, 9.17) is 9.47 Å². The number of esters is 1. The number of hydrogen-bond donors (Lipinski definition) is 0. The maximum Gasteiger partial charge on any atom is 0.311 e. The quantitative estimate of drug-likeness (QED) is 0.299. The summed E-state index contributed by atoms with van der Waals surface area (Å²) in [5.74, 6) is 0.0686. The van der Waals surface area contributed by atoms with Crippen LogP contribution in [0, 0.1) is 24.2 Å². The Morgan fingerprint density at radius 1 is 1.23 bits per heavy atom. The summed E-state index contributed by atoms with van der Waals surface area (Å²) in [7, 11) is 1.80. The Morgan fingerprint density at radius 3 is 2.33 bits per heavy atom. The van der Waals surface area contributed by atoms with Crippen molar-refractivity contribution >= 4 is 17.3 Å². The predicted octanol–water partition coefficient (Wildman–Crippen LogP) is 4.73. The van der Waals surface area contributed by atoms with Gasteiger partial charge in [-0.2, -0.15) is 10.4 Å². The Bertz CT molecular complexity index is 1000. The van der Waals surface area contributed by atoms with E-state index in [1.807, 2.05) is 37.3 Å². The summed E-state index contributed by atoms with van der Waals surface area (Å²) in [6.07, 6.45) is 0.901. The molecule has 0 bridgehead atoms. The molecule has 6 nitrogen and oxygen atoms in total. The fourth-order valence-corrected chi connectivity index (χ4v) is 3.22. The van der Waals surface area contributed by atoms with Gasteiger partial charge in [-0.1, -0.05) is 45.0 Å². The van der Waals surface area contributed by atoms with Gasteiger partial charge in [0.25, 0.3) is 0 Å². The lowest BCUT2D eigenvalue weighted by Crippen LogP contribution is -2.20. The minimum atomic E-state index is -0.819. The van der Waals surface area contributed by atoms with Gasteiger partial charge in [-0.15, -0.1) is 0 Å². The molecule has 1 heterocycles. The van der Waals surface area contributed by atoms with Crippen LogP contribution in [0.4, 0.5) is 0 Å². The third-order valence-corrected chi connectivity index (χ3v) is 5.09. The van der Waals surface area contributed by atoms with Crippen LogP contribution >= 0.6 is 0 Å². The Morgan fingerprint density at radius 2 is 1.87 bits per heavy atom. The first-order valence-electron chi connectivity index (χ1n) is 10.2. The third-order valence-electron chi connectivity index (χ3n) is 5.09. The number of nitrogens with zero attached hydrogens (tertiary/aromatic N) is 3. The van der Waals surface area contributed by atoms with E-state index in [0.29, 0.717) is 17.0 Å². The molecule has 1 fully saturated rings. The Hall–Kier alpha value is -3.07. The van der Waals surface area contributed by atoms with E-state index in [1.54, 1.807) is 18.7 Å². The topological polar surface area (TPSA) is 77.1 Å². The van der Waals surface area contributed by atoms with Crippen LogP contribution in [0.25, 0.3) is 11.3 Å². The first-order chi connectivity index (χ1) is 14.1. The minimum absolute atomic E-state index is 0.0130. The molecule has 1 aromatic heterocycles. The van der Waals surface area contributed by atoms with E-state index < -0.39 is 6.29 Å². The molecule has 2 aromatic rings. The van der Waals surface area contributed by atoms with E-state index in [1.165, 1.54) is 5.56 Å². The molecule has 0 amide bonds. The summed E-state index contributed by atoms with van der Waals surface area (Å²) in [5, 5.41) is 14.4. The largest absolute Gasteiger partial charge is 0.451 e. The van der Waals surface area contributed by atoms with Gasteiger partial charge in [0.05, 0.1) is 11.6 Å².